The van der Waals surface area contributed by atoms with E-state index in [0.29, 0.717) is 26.3 Å². The van der Waals surface area contributed by atoms with E-state index in [9.17, 15) is 4.79 Å². The Labute approximate surface area is 147 Å². The summed E-state index contributed by atoms with van der Waals surface area (Å²) in [4.78, 5) is 14.9. The average molecular weight is 368 g/mol. The molecule has 8 heteroatoms. The first kappa shape index (κ1) is 16.8. The lowest BCUT2D eigenvalue weighted by molar-refractivity contribution is -0.134. The van der Waals surface area contributed by atoms with Gasteiger partial charge in [0, 0.05) is 13.1 Å². The SMILES string of the molecule is CSc1nnc(S[C@@H](C(=O)N2CCOCC2)c2ccccc2)s1. The fraction of sp³-hybridized carbons (Fsp3) is 0.400. The zero-order valence-electron chi connectivity index (χ0n) is 12.7. The number of carbonyl (C=O) groups is 1. The molecule has 1 amide bonds. The minimum atomic E-state index is -0.294. The average Bonchev–Trinajstić information content (AvgIpc) is 3.08. The van der Waals surface area contributed by atoms with E-state index < -0.39 is 0 Å². The van der Waals surface area contributed by atoms with E-state index in [2.05, 4.69) is 10.2 Å². The maximum atomic E-state index is 13.0. The molecule has 3 rings (SSSR count). The molecule has 1 aromatic carbocycles. The summed E-state index contributed by atoms with van der Waals surface area (Å²) in [7, 11) is 0. The van der Waals surface area contributed by atoms with Gasteiger partial charge in [-0.25, -0.2) is 0 Å². The Morgan fingerprint density at radius 3 is 2.57 bits per heavy atom. The third-order valence-corrected chi connectivity index (χ3v) is 6.66. The highest BCUT2D eigenvalue weighted by Crippen LogP contribution is 2.39. The van der Waals surface area contributed by atoms with E-state index in [1.807, 2.05) is 41.5 Å². The second-order valence-corrected chi connectivity index (χ2v) is 8.27. The van der Waals surface area contributed by atoms with E-state index in [4.69, 9.17) is 4.74 Å². The van der Waals surface area contributed by atoms with Gasteiger partial charge >= 0.3 is 0 Å². The van der Waals surface area contributed by atoms with Crippen molar-refractivity contribution >= 4 is 40.8 Å². The molecule has 1 fully saturated rings. The van der Waals surface area contributed by atoms with Crippen molar-refractivity contribution in [1.29, 1.82) is 0 Å². The summed E-state index contributed by atoms with van der Waals surface area (Å²) in [5.74, 6) is 0.116. The first-order chi connectivity index (χ1) is 11.3. The van der Waals surface area contributed by atoms with Crippen LogP contribution in [0.25, 0.3) is 0 Å². The van der Waals surface area contributed by atoms with Crippen LogP contribution in [0.15, 0.2) is 39.0 Å². The molecule has 1 aliphatic rings. The van der Waals surface area contributed by atoms with Crippen molar-refractivity contribution in [3.63, 3.8) is 0 Å². The Kier molecular flexibility index (Phi) is 5.93. The van der Waals surface area contributed by atoms with E-state index in [1.165, 1.54) is 23.1 Å². The molecule has 0 aliphatic carbocycles. The molecular formula is C15H17N3O2S3. The summed E-state index contributed by atoms with van der Waals surface area (Å²) in [6.07, 6.45) is 1.97. The third-order valence-electron chi connectivity index (χ3n) is 3.43. The number of hydrogen-bond acceptors (Lipinski definition) is 7. The standard InChI is InChI=1S/C15H17N3O2S3/c1-21-14-16-17-15(23-14)22-12(11-5-3-2-4-6-11)13(19)18-7-9-20-10-8-18/h2-6,12H,7-10H2,1H3/t12-/m1/s1. The van der Waals surface area contributed by atoms with E-state index >= 15 is 0 Å². The number of morpholine rings is 1. The fourth-order valence-corrected chi connectivity index (χ4v) is 4.98. The molecule has 1 saturated heterocycles. The molecule has 1 aromatic heterocycles. The lowest BCUT2D eigenvalue weighted by Gasteiger charge is -2.30. The van der Waals surface area contributed by atoms with Gasteiger partial charge in [0.1, 0.15) is 5.25 Å². The maximum Gasteiger partial charge on any atom is 0.240 e. The van der Waals surface area contributed by atoms with Crippen LogP contribution in [-0.2, 0) is 9.53 Å². The monoisotopic (exact) mass is 367 g/mol. The van der Waals surface area contributed by atoms with Crippen molar-refractivity contribution < 1.29 is 9.53 Å². The van der Waals surface area contributed by atoms with Crippen LogP contribution in [-0.4, -0.2) is 53.6 Å². The number of amides is 1. The number of benzene rings is 1. The topological polar surface area (TPSA) is 55.3 Å². The van der Waals surface area contributed by atoms with Crippen LogP contribution in [0.1, 0.15) is 10.8 Å². The van der Waals surface area contributed by atoms with Crippen LogP contribution in [0.2, 0.25) is 0 Å². The lowest BCUT2D eigenvalue weighted by Crippen LogP contribution is -2.42. The predicted octanol–water partition coefficient (Wildman–Crippen LogP) is 2.95. The van der Waals surface area contributed by atoms with Crippen LogP contribution < -0.4 is 0 Å². The van der Waals surface area contributed by atoms with E-state index in [-0.39, 0.29) is 11.2 Å². The van der Waals surface area contributed by atoms with Gasteiger partial charge in [-0.2, -0.15) is 0 Å². The smallest absolute Gasteiger partial charge is 0.240 e. The lowest BCUT2D eigenvalue weighted by atomic mass is 10.1. The molecular weight excluding hydrogens is 350 g/mol. The van der Waals surface area contributed by atoms with E-state index in [1.54, 1.807) is 11.8 Å². The van der Waals surface area contributed by atoms with Crippen molar-refractivity contribution in [3.8, 4) is 0 Å². The highest BCUT2D eigenvalue weighted by molar-refractivity contribution is 8.03. The molecule has 2 heterocycles. The van der Waals surface area contributed by atoms with Crippen molar-refractivity contribution in [2.75, 3.05) is 32.6 Å². The molecule has 122 valence electrons. The Morgan fingerprint density at radius 2 is 1.91 bits per heavy atom. The molecule has 0 saturated carbocycles. The number of carbonyl (C=O) groups excluding carboxylic acids is 1. The summed E-state index contributed by atoms with van der Waals surface area (Å²) < 4.78 is 7.09. The molecule has 0 N–H and O–H groups in total. The highest BCUT2D eigenvalue weighted by Gasteiger charge is 2.29. The van der Waals surface area contributed by atoms with Crippen molar-refractivity contribution in [1.82, 2.24) is 15.1 Å². The van der Waals surface area contributed by atoms with Crippen LogP contribution in [0.3, 0.4) is 0 Å². The second-order valence-electron chi connectivity index (χ2n) is 4.88. The Bertz CT molecular complexity index is 644. The van der Waals surface area contributed by atoms with Crippen molar-refractivity contribution in [3.05, 3.63) is 35.9 Å². The van der Waals surface area contributed by atoms with Gasteiger partial charge in [-0.3, -0.25) is 4.79 Å². The van der Waals surface area contributed by atoms with Crippen LogP contribution in [0, 0.1) is 0 Å². The van der Waals surface area contributed by atoms with Gasteiger partial charge in [0.05, 0.1) is 13.2 Å². The number of thioether (sulfide) groups is 2. The molecule has 0 radical (unpaired) electrons. The predicted molar refractivity (Wildman–Crippen MR) is 94.1 cm³/mol. The number of aromatic nitrogens is 2. The van der Waals surface area contributed by atoms with Crippen molar-refractivity contribution in [2.45, 2.75) is 13.9 Å². The molecule has 23 heavy (non-hydrogen) atoms. The second kappa shape index (κ2) is 8.14. The zero-order valence-corrected chi connectivity index (χ0v) is 15.1. The molecule has 2 aromatic rings. The number of nitrogens with zero attached hydrogens (tertiary/aromatic N) is 3. The quantitative estimate of drug-likeness (QED) is 0.758. The summed E-state index contributed by atoms with van der Waals surface area (Å²) >= 11 is 4.58. The van der Waals surface area contributed by atoms with Gasteiger partial charge in [-0.15, -0.1) is 10.2 Å². The van der Waals surface area contributed by atoms with Gasteiger partial charge in [0.2, 0.25) is 5.91 Å². The summed E-state index contributed by atoms with van der Waals surface area (Å²) in [6.45, 7) is 2.50. The Hall–Kier alpha value is -1.09. The first-order valence-electron chi connectivity index (χ1n) is 7.23. The summed E-state index contributed by atoms with van der Waals surface area (Å²) in [6, 6.07) is 9.87. The van der Waals surface area contributed by atoms with Crippen LogP contribution >= 0.6 is 34.9 Å². The van der Waals surface area contributed by atoms with E-state index in [0.717, 1.165) is 14.2 Å². The minimum Gasteiger partial charge on any atom is -0.378 e. The highest BCUT2D eigenvalue weighted by atomic mass is 32.2. The minimum absolute atomic E-state index is 0.116. The van der Waals surface area contributed by atoms with Gasteiger partial charge < -0.3 is 9.64 Å². The zero-order chi connectivity index (χ0) is 16.1. The van der Waals surface area contributed by atoms with Crippen LogP contribution in [0.5, 0.6) is 0 Å². The number of hydrogen-bond donors (Lipinski definition) is 0. The molecule has 0 unspecified atom stereocenters. The molecule has 0 spiro atoms. The number of rotatable bonds is 5. The number of ether oxygens (including phenoxy) is 1. The maximum absolute atomic E-state index is 13.0. The molecule has 1 aliphatic heterocycles. The Morgan fingerprint density at radius 1 is 1.22 bits per heavy atom. The molecule has 1 atom stereocenters. The normalized spacial score (nSPS) is 16.3. The largest absolute Gasteiger partial charge is 0.378 e. The summed E-state index contributed by atoms with van der Waals surface area (Å²) in [5.41, 5.74) is 0.995. The van der Waals surface area contributed by atoms with Gasteiger partial charge in [-0.1, -0.05) is 65.2 Å². The molecule has 5 nitrogen and oxygen atoms in total. The van der Waals surface area contributed by atoms with Gasteiger partial charge in [-0.05, 0) is 11.8 Å². The van der Waals surface area contributed by atoms with Gasteiger partial charge in [0.25, 0.3) is 0 Å². The van der Waals surface area contributed by atoms with Gasteiger partial charge in [0.15, 0.2) is 8.68 Å². The molecule has 0 bridgehead atoms. The van der Waals surface area contributed by atoms with Crippen molar-refractivity contribution in [2.24, 2.45) is 0 Å². The fourth-order valence-electron chi connectivity index (χ4n) is 2.27. The summed E-state index contributed by atoms with van der Waals surface area (Å²) in [5, 5.41) is 8.02. The first-order valence-corrected chi connectivity index (χ1v) is 10.2. The van der Waals surface area contributed by atoms with Crippen LogP contribution in [0.4, 0.5) is 0 Å². The third kappa shape index (κ3) is 4.26. The Balaban J connectivity index is 1.82.